The Morgan fingerprint density at radius 1 is 1.23 bits per heavy atom. The molecule has 4 rings (SSSR count). The molecule has 1 N–H and O–H groups in total. The van der Waals surface area contributed by atoms with E-state index < -0.39 is 0 Å². The van der Waals surface area contributed by atoms with Crippen LogP contribution in [0.15, 0.2) is 48.5 Å². The SMILES string of the molecule is [B]c1ccc2nc([C@H](C[C@@H](C)N3CCOCC3)N(C)C(=O)Cc3ccccc3)[nH]c2c1. The molecule has 1 amide bonds. The van der Waals surface area contributed by atoms with Gasteiger partial charge in [0.1, 0.15) is 13.7 Å². The second-order valence-corrected chi connectivity index (χ2v) is 8.31. The Labute approximate surface area is 185 Å². The number of ether oxygens (including phenoxy) is 1. The summed E-state index contributed by atoms with van der Waals surface area (Å²) in [7, 11) is 7.83. The summed E-state index contributed by atoms with van der Waals surface area (Å²) in [5.41, 5.74) is 3.45. The lowest BCUT2D eigenvalue weighted by Crippen LogP contribution is -2.44. The highest BCUT2D eigenvalue weighted by Crippen LogP contribution is 2.27. The molecule has 0 spiro atoms. The van der Waals surface area contributed by atoms with Crippen molar-refractivity contribution in [3.05, 3.63) is 59.9 Å². The number of imidazole rings is 1. The molecule has 1 aromatic heterocycles. The molecule has 0 saturated carbocycles. The smallest absolute Gasteiger partial charge is 0.227 e. The normalized spacial score (nSPS) is 16.8. The number of carbonyl (C=O) groups excluding carboxylic acids is 1. The van der Waals surface area contributed by atoms with E-state index in [-0.39, 0.29) is 11.9 Å². The maximum Gasteiger partial charge on any atom is 0.227 e. The average molecular weight is 416 g/mol. The summed E-state index contributed by atoms with van der Waals surface area (Å²) < 4.78 is 5.51. The molecule has 3 aromatic rings. The first-order valence-corrected chi connectivity index (χ1v) is 10.9. The van der Waals surface area contributed by atoms with Crippen LogP contribution in [-0.2, 0) is 16.0 Å². The summed E-state index contributed by atoms with van der Waals surface area (Å²) in [6, 6.07) is 15.6. The molecule has 1 aliphatic rings. The van der Waals surface area contributed by atoms with Gasteiger partial charge < -0.3 is 14.6 Å². The van der Waals surface area contributed by atoms with Crippen LogP contribution in [0.1, 0.15) is 30.8 Å². The van der Waals surface area contributed by atoms with E-state index in [9.17, 15) is 4.79 Å². The van der Waals surface area contributed by atoms with Gasteiger partial charge in [-0.3, -0.25) is 9.69 Å². The molecule has 0 bridgehead atoms. The summed E-state index contributed by atoms with van der Waals surface area (Å²) in [5, 5.41) is 0. The monoisotopic (exact) mass is 416 g/mol. The maximum atomic E-state index is 13.2. The topological polar surface area (TPSA) is 61.5 Å². The Hall–Kier alpha value is -2.64. The lowest BCUT2D eigenvalue weighted by molar-refractivity contribution is -0.132. The lowest BCUT2D eigenvalue weighted by atomic mass is 9.96. The largest absolute Gasteiger partial charge is 0.379 e. The standard InChI is InChI=1S/C24H29BN4O2/c1-17(29-10-12-31-13-11-29)14-22(24-26-20-9-8-19(25)16-21(20)27-24)28(2)23(30)15-18-6-4-3-5-7-18/h3-9,16-17,22H,10-15H2,1-2H3,(H,26,27)/t17-,22+/m1/s1. The van der Waals surface area contributed by atoms with Crippen LogP contribution in [0.2, 0.25) is 0 Å². The van der Waals surface area contributed by atoms with E-state index in [1.165, 1.54) is 0 Å². The zero-order valence-electron chi connectivity index (χ0n) is 18.3. The summed E-state index contributed by atoms with van der Waals surface area (Å²) in [6.07, 6.45) is 1.15. The predicted molar refractivity (Wildman–Crippen MR) is 124 cm³/mol. The third-order valence-corrected chi connectivity index (χ3v) is 6.13. The summed E-state index contributed by atoms with van der Waals surface area (Å²) >= 11 is 0. The summed E-state index contributed by atoms with van der Waals surface area (Å²) in [6.45, 7) is 5.54. The fourth-order valence-corrected chi connectivity index (χ4v) is 4.22. The molecule has 1 aliphatic heterocycles. The quantitative estimate of drug-likeness (QED) is 0.600. The van der Waals surface area contributed by atoms with Crippen molar-refractivity contribution in [1.29, 1.82) is 0 Å². The fourth-order valence-electron chi connectivity index (χ4n) is 4.22. The maximum absolute atomic E-state index is 13.2. The highest BCUT2D eigenvalue weighted by atomic mass is 16.5. The van der Waals surface area contributed by atoms with Crippen molar-refractivity contribution in [1.82, 2.24) is 19.8 Å². The Balaban J connectivity index is 1.59. The lowest BCUT2D eigenvalue weighted by Gasteiger charge is -2.36. The van der Waals surface area contributed by atoms with Gasteiger partial charge in [0, 0.05) is 26.2 Å². The molecule has 0 unspecified atom stereocenters. The third-order valence-electron chi connectivity index (χ3n) is 6.13. The van der Waals surface area contributed by atoms with Gasteiger partial charge in [0.05, 0.1) is 36.7 Å². The minimum atomic E-state index is -0.164. The third kappa shape index (κ3) is 5.17. The van der Waals surface area contributed by atoms with Gasteiger partial charge in [-0.15, -0.1) is 0 Å². The van der Waals surface area contributed by atoms with Gasteiger partial charge in [-0.05, 0) is 31.0 Å². The number of aromatic nitrogens is 2. The van der Waals surface area contributed by atoms with Crippen LogP contribution < -0.4 is 5.46 Å². The molecule has 31 heavy (non-hydrogen) atoms. The molecular formula is C24H29BN4O2. The minimum Gasteiger partial charge on any atom is -0.379 e. The van der Waals surface area contributed by atoms with Gasteiger partial charge in [-0.25, -0.2) is 4.98 Å². The van der Waals surface area contributed by atoms with Crippen LogP contribution in [-0.4, -0.2) is 72.9 Å². The zero-order chi connectivity index (χ0) is 21.8. The molecule has 2 heterocycles. The van der Waals surface area contributed by atoms with Crippen molar-refractivity contribution >= 4 is 30.2 Å². The van der Waals surface area contributed by atoms with Gasteiger partial charge in [-0.2, -0.15) is 0 Å². The number of aromatic amines is 1. The van der Waals surface area contributed by atoms with Crippen molar-refractivity contribution in [2.45, 2.75) is 31.8 Å². The Kier molecular flexibility index (Phi) is 6.73. The molecule has 2 aromatic carbocycles. The molecular weight excluding hydrogens is 387 g/mol. The number of rotatable bonds is 7. The molecule has 2 atom stereocenters. The number of benzene rings is 2. The first-order chi connectivity index (χ1) is 15.0. The van der Waals surface area contributed by atoms with E-state index in [2.05, 4.69) is 16.8 Å². The number of nitrogens with one attached hydrogen (secondary N) is 1. The van der Waals surface area contributed by atoms with E-state index in [4.69, 9.17) is 17.6 Å². The summed E-state index contributed by atoms with van der Waals surface area (Å²) in [5.74, 6) is 0.870. The van der Waals surface area contributed by atoms with Crippen LogP contribution in [0.3, 0.4) is 0 Å². The van der Waals surface area contributed by atoms with Crippen LogP contribution in [0.4, 0.5) is 0 Å². The van der Waals surface area contributed by atoms with Crippen LogP contribution in [0.5, 0.6) is 0 Å². The van der Waals surface area contributed by atoms with E-state index in [1.54, 1.807) is 0 Å². The molecule has 1 saturated heterocycles. The number of H-pyrrole nitrogens is 1. The molecule has 2 radical (unpaired) electrons. The number of hydrogen-bond donors (Lipinski definition) is 1. The van der Waals surface area contributed by atoms with Gasteiger partial charge in [0.25, 0.3) is 0 Å². The van der Waals surface area contributed by atoms with Crippen LogP contribution in [0, 0.1) is 0 Å². The molecule has 7 heteroatoms. The summed E-state index contributed by atoms with van der Waals surface area (Å²) in [4.78, 5) is 25.7. The van der Waals surface area contributed by atoms with E-state index in [0.29, 0.717) is 17.9 Å². The highest BCUT2D eigenvalue weighted by Gasteiger charge is 2.29. The second kappa shape index (κ2) is 9.66. The molecule has 0 aliphatic carbocycles. The number of likely N-dealkylation sites (N-methyl/N-ethyl adjacent to an activating group) is 1. The van der Waals surface area contributed by atoms with Gasteiger partial charge >= 0.3 is 0 Å². The minimum absolute atomic E-state index is 0.0744. The fraction of sp³-hybridized carbons (Fsp3) is 0.417. The van der Waals surface area contributed by atoms with Crippen LogP contribution in [0.25, 0.3) is 11.0 Å². The van der Waals surface area contributed by atoms with E-state index >= 15 is 0 Å². The first kappa shape index (κ1) is 21.6. The second-order valence-electron chi connectivity index (χ2n) is 8.31. The van der Waals surface area contributed by atoms with Crippen molar-refractivity contribution < 1.29 is 9.53 Å². The molecule has 6 nitrogen and oxygen atoms in total. The zero-order valence-corrected chi connectivity index (χ0v) is 18.3. The number of amides is 1. The predicted octanol–water partition coefficient (Wildman–Crippen LogP) is 2.21. The van der Waals surface area contributed by atoms with Gasteiger partial charge in [0.2, 0.25) is 5.91 Å². The van der Waals surface area contributed by atoms with Gasteiger partial charge in [-0.1, -0.05) is 41.9 Å². The number of nitrogens with zero attached hydrogens (tertiary/aromatic N) is 3. The van der Waals surface area contributed by atoms with Crippen molar-refractivity contribution in [2.24, 2.45) is 0 Å². The van der Waals surface area contributed by atoms with E-state index in [1.807, 2.05) is 60.5 Å². The van der Waals surface area contributed by atoms with Crippen molar-refractivity contribution in [3.8, 4) is 0 Å². The number of carbonyl (C=O) groups is 1. The Morgan fingerprint density at radius 3 is 2.71 bits per heavy atom. The Bertz CT molecular complexity index is 1020. The highest BCUT2D eigenvalue weighted by molar-refractivity contribution is 6.33. The number of fused-ring (bicyclic) bond motifs is 1. The number of morpholine rings is 1. The van der Waals surface area contributed by atoms with Crippen LogP contribution >= 0.6 is 0 Å². The van der Waals surface area contributed by atoms with Gasteiger partial charge in [0.15, 0.2) is 0 Å². The Morgan fingerprint density at radius 2 is 1.97 bits per heavy atom. The average Bonchev–Trinajstić information content (AvgIpc) is 3.21. The molecule has 160 valence electrons. The number of hydrogen-bond acceptors (Lipinski definition) is 4. The first-order valence-electron chi connectivity index (χ1n) is 10.9. The van der Waals surface area contributed by atoms with Crippen molar-refractivity contribution in [2.75, 3.05) is 33.4 Å². The molecule has 1 fully saturated rings. The van der Waals surface area contributed by atoms with E-state index in [0.717, 1.165) is 55.1 Å². The van der Waals surface area contributed by atoms with Crippen molar-refractivity contribution in [3.63, 3.8) is 0 Å².